The highest BCUT2D eigenvalue weighted by Gasteiger charge is 2.17. The normalized spacial score (nSPS) is 13.4. The van der Waals surface area contributed by atoms with Gasteiger partial charge in [-0.05, 0) is 24.3 Å². The van der Waals surface area contributed by atoms with Crippen LogP contribution in [0.15, 0.2) is 58.3 Å². The summed E-state index contributed by atoms with van der Waals surface area (Å²) < 4.78 is 0.894. The molecule has 0 spiro atoms. The molecule has 10 nitrogen and oxygen atoms in total. The van der Waals surface area contributed by atoms with E-state index >= 15 is 0 Å². The third kappa shape index (κ3) is 3.61. The lowest BCUT2D eigenvalue weighted by molar-refractivity contribution is -0.384. The van der Waals surface area contributed by atoms with Crippen LogP contribution in [0.25, 0.3) is 11.6 Å². The lowest BCUT2D eigenvalue weighted by Gasteiger charge is -2.06. The van der Waals surface area contributed by atoms with E-state index in [1.54, 1.807) is 12.3 Å². The molecule has 1 aliphatic heterocycles. The fraction of sp³-hybridized carbons (Fsp3) is 0.0500. The number of hydrogen-bond donors (Lipinski definition) is 3. The average molecular weight is 405 g/mol. The number of imidazole rings is 1. The number of hydrogen-bond acceptors (Lipinski definition) is 6. The first-order chi connectivity index (χ1) is 14.4. The molecule has 10 heteroatoms. The second kappa shape index (κ2) is 7.51. The number of para-hydroxylation sites is 1. The van der Waals surface area contributed by atoms with Crippen LogP contribution in [0.1, 0.15) is 11.3 Å². The Morgan fingerprint density at radius 1 is 1.23 bits per heavy atom. The van der Waals surface area contributed by atoms with Crippen LogP contribution in [0.5, 0.6) is 5.88 Å². The number of anilines is 1. The molecular formula is C20H15N5O5. The molecule has 30 heavy (non-hydrogen) atoms. The summed E-state index contributed by atoms with van der Waals surface area (Å²) in [5, 5.41) is 23.6. The first-order valence-electron chi connectivity index (χ1n) is 8.83. The van der Waals surface area contributed by atoms with Gasteiger partial charge in [0.1, 0.15) is 12.2 Å². The van der Waals surface area contributed by atoms with E-state index in [0.717, 1.165) is 15.8 Å². The highest BCUT2D eigenvalue weighted by atomic mass is 16.6. The number of aromatic hydroxyl groups is 1. The Balaban J connectivity index is 1.52. The van der Waals surface area contributed by atoms with Crippen molar-refractivity contribution in [1.82, 2.24) is 9.55 Å². The van der Waals surface area contributed by atoms with Crippen molar-refractivity contribution in [2.75, 3.05) is 5.32 Å². The van der Waals surface area contributed by atoms with E-state index in [0.29, 0.717) is 11.3 Å². The number of aromatic nitrogens is 2. The lowest BCUT2D eigenvalue weighted by Crippen LogP contribution is -2.25. The zero-order chi connectivity index (χ0) is 21.3. The Labute approximate surface area is 169 Å². The standard InChI is InChI=1S/C20H15N5O5/c26-18(22-13-5-7-14(8-6-13)25(29)30)11-24-19(27)17(23-20(24)28)9-12-10-21-16-4-2-1-3-15(12)16/h1-10,27H,11H2,(H,22,26)(H,23,28)/b12-9-. The van der Waals surface area contributed by atoms with Crippen LogP contribution >= 0.6 is 0 Å². The van der Waals surface area contributed by atoms with Crippen molar-refractivity contribution in [1.29, 1.82) is 0 Å². The van der Waals surface area contributed by atoms with Crippen molar-refractivity contribution in [3.8, 4) is 5.88 Å². The number of aromatic amines is 1. The number of benzene rings is 2. The number of H-pyrrole nitrogens is 1. The van der Waals surface area contributed by atoms with Crippen LogP contribution in [0.3, 0.4) is 0 Å². The monoisotopic (exact) mass is 405 g/mol. The molecule has 0 aliphatic carbocycles. The van der Waals surface area contributed by atoms with E-state index in [1.807, 2.05) is 24.3 Å². The Hall–Kier alpha value is -4.47. The van der Waals surface area contributed by atoms with Gasteiger partial charge in [0.15, 0.2) is 0 Å². The van der Waals surface area contributed by atoms with E-state index in [2.05, 4.69) is 15.3 Å². The molecule has 1 aromatic heterocycles. The van der Waals surface area contributed by atoms with Gasteiger partial charge in [0.25, 0.3) is 5.69 Å². The molecule has 0 fully saturated rings. The number of allylic oxidation sites excluding steroid dienone is 1. The minimum Gasteiger partial charge on any atom is -0.493 e. The number of rotatable bonds is 5. The van der Waals surface area contributed by atoms with Crippen molar-refractivity contribution in [2.24, 2.45) is 4.99 Å². The van der Waals surface area contributed by atoms with Crippen molar-refractivity contribution >= 4 is 40.8 Å². The van der Waals surface area contributed by atoms with E-state index in [9.17, 15) is 24.8 Å². The van der Waals surface area contributed by atoms with E-state index in [-0.39, 0.29) is 17.3 Å². The first kappa shape index (κ1) is 18.9. The van der Waals surface area contributed by atoms with Gasteiger partial charge in [-0.25, -0.2) is 4.79 Å². The van der Waals surface area contributed by atoms with E-state index in [4.69, 9.17) is 0 Å². The second-order valence-electron chi connectivity index (χ2n) is 6.48. The topological polar surface area (TPSA) is 143 Å². The third-order valence-electron chi connectivity index (χ3n) is 4.50. The molecule has 0 saturated heterocycles. The van der Waals surface area contributed by atoms with Gasteiger partial charge in [0.2, 0.25) is 11.8 Å². The van der Waals surface area contributed by atoms with Gasteiger partial charge in [-0.15, -0.1) is 0 Å². The first-order valence-corrected chi connectivity index (χ1v) is 8.83. The predicted molar refractivity (Wildman–Crippen MR) is 111 cm³/mol. The number of nitrogens with one attached hydrogen (secondary N) is 2. The quantitative estimate of drug-likeness (QED) is 0.442. The summed E-state index contributed by atoms with van der Waals surface area (Å²) in [5.41, 5.74) is 2.08. The van der Waals surface area contributed by atoms with Gasteiger partial charge in [-0.3, -0.25) is 24.5 Å². The molecule has 4 rings (SSSR count). The highest BCUT2D eigenvalue weighted by Crippen LogP contribution is 2.32. The summed E-state index contributed by atoms with van der Waals surface area (Å²) in [7, 11) is 0. The Bertz CT molecular complexity index is 1270. The second-order valence-corrected chi connectivity index (χ2v) is 6.48. The Morgan fingerprint density at radius 3 is 2.70 bits per heavy atom. The number of fused-ring (bicyclic) bond motifs is 1. The van der Waals surface area contributed by atoms with Gasteiger partial charge < -0.3 is 15.4 Å². The fourth-order valence-corrected chi connectivity index (χ4v) is 3.05. The molecular weight excluding hydrogens is 390 g/mol. The number of amides is 1. The van der Waals surface area contributed by atoms with Crippen molar-refractivity contribution < 1.29 is 14.8 Å². The molecule has 1 amide bonds. The summed E-state index contributed by atoms with van der Waals surface area (Å²) in [6.07, 6.45) is 3.21. The maximum Gasteiger partial charge on any atom is 0.329 e. The predicted octanol–water partition coefficient (Wildman–Crippen LogP) is 2.69. The summed E-state index contributed by atoms with van der Waals surface area (Å²) in [5.74, 6) is -0.962. The molecule has 150 valence electrons. The SMILES string of the molecule is O=C(Cn1c(O)c(/C=C2/C=Nc3ccccc32)[nH]c1=O)Nc1ccc([N+](=O)[O-])cc1. The largest absolute Gasteiger partial charge is 0.493 e. The zero-order valence-corrected chi connectivity index (χ0v) is 15.4. The molecule has 0 atom stereocenters. The number of nitro benzene ring substituents is 1. The Kier molecular flexibility index (Phi) is 4.72. The maximum atomic E-state index is 12.3. The van der Waals surface area contributed by atoms with Crippen LogP contribution in [0.2, 0.25) is 0 Å². The molecule has 2 aromatic carbocycles. The van der Waals surface area contributed by atoms with E-state index < -0.39 is 23.1 Å². The van der Waals surface area contributed by atoms with Gasteiger partial charge in [0, 0.05) is 35.2 Å². The summed E-state index contributed by atoms with van der Waals surface area (Å²) in [4.78, 5) is 41.4. The van der Waals surface area contributed by atoms with Crippen LogP contribution in [-0.4, -0.2) is 31.7 Å². The highest BCUT2D eigenvalue weighted by molar-refractivity contribution is 6.21. The molecule has 0 saturated carbocycles. The third-order valence-corrected chi connectivity index (χ3v) is 4.50. The van der Waals surface area contributed by atoms with Gasteiger partial charge >= 0.3 is 5.69 Å². The lowest BCUT2D eigenvalue weighted by atomic mass is 10.1. The molecule has 3 aromatic rings. The Morgan fingerprint density at radius 2 is 1.97 bits per heavy atom. The summed E-state index contributed by atoms with van der Waals surface area (Å²) in [6.45, 7) is -0.438. The smallest absolute Gasteiger partial charge is 0.329 e. The molecule has 0 unspecified atom stereocenters. The number of aliphatic imine (C=N–C) groups is 1. The van der Waals surface area contributed by atoms with Crippen LogP contribution in [0, 0.1) is 10.1 Å². The molecule has 3 N–H and O–H groups in total. The number of non-ortho nitro benzene ring substituents is 1. The zero-order valence-electron chi connectivity index (χ0n) is 15.4. The number of carbonyl (C=O) groups is 1. The van der Waals surface area contributed by atoms with Gasteiger partial charge in [0.05, 0.1) is 10.6 Å². The number of nitrogens with zero attached hydrogens (tertiary/aromatic N) is 3. The van der Waals surface area contributed by atoms with Crippen LogP contribution < -0.4 is 11.0 Å². The molecule has 1 aliphatic rings. The van der Waals surface area contributed by atoms with Crippen LogP contribution in [0.4, 0.5) is 17.1 Å². The van der Waals surface area contributed by atoms with Crippen molar-refractivity contribution in [2.45, 2.75) is 6.54 Å². The molecule has 0 radical (unpaired) electrons. The summed E-state index contributed by atoms with van der Waals surface area (Å²) >= 11 is 0. The minimum atomic E-state index is -0.651. The van der Waals surface area contributed by atoms with Crippen molar-refractivity contribution in [3.05, 3.63) is 80.4 Å². The number of carbonyl (C=O) groups excluding carboxylic acids is 1. The fourth-order valence-electron chi connectivity index (χ4n) is 3.05. The van der Waals surface area contributed by atoms with E-state index in [1.165, 1.54) is 24.3 Å². The average Bonchev–Trinajstić information content (AvgIpc) is 3.25. The minimum absolute atomic E-state index is 0.109. The van der Waals surface area contributed by atoms with Crippen LogP contribution in [-0.2, 0) is 11.3 Å². The molecule has 2 heterocycles. The van der Waals surface area contributed by atoms with Gasteiger partial charge in [-0.2, -0.15) is 0 Å². The van der Waals surface area contributed by atoms with Crippen molar-refractivity contribution in [3.63, 3.8) is 0 Å². The molecule has 0 bridgehead atoms. The number of nitro groups is 1. The van der Waals surface area contributed by atoms with Gasteiger partial charge in [-0.1, -0.05) is 18.2 Å². The maximum absolute atomic E-state index is 12.3. The summed E-state index contributed by atoms with van der Waals surface area (Å²) in [6, 6.07) is 12.7.